The van der Waals surface area contributed by atoms with Crippen molar-refractivity contribution in [3.63, 3.8) is 0 Å². The number of nitrogens with one attached hydrogen (secondary N) is 1. The van der Waals surface area contributed by atoms with Crippen molar-refractivity contribution in [2.24, 2.45) is 5.73 Å². The molecule has 2 nitrogen and oxygen atoms in total. The zero-order valence-corrected chi connectivity index (χ0v) is 39.4. The topological polar surface area (TPSA) is 38.0 Å². The van der Waals surface area contributed by atoms with Crippen LogP contribution >= 0.6 is 0 Å². The lowest BCUT2D eigenvalue weighted by molar-refractivity contribution is 0.773. The Kier molecular flexibility index (Phi) is 15.3. The summed E-state index contributed by atoms with van der Waals surface area (Å²) in [6.07, 6.45) is 19.7. The SMILES string of the molecule is C=C(/C=C\C=C/C)C1(c2ccccc2Nc2ccccc2)c2ccccc2-c2ccc(-c3ccc(C4=CC=CC(N)C=C4)cc3)cc21.CC.c1ccc(Cc2ccc(-c3ccccc3)cc2)cc1. The molecule has 0 amide bonds. The van der Waals surface area contributed by atoms with Crippen molar-refractivity contribution in [3.8, 4) is 33.4 Å². The lowest BCUT2D eigenvalue weighted by Crippen LogP contribution is -2.29. The molecule has 2 atom stereocenters. The van der Waals surface area contributed by atoms with E-state index >= 15 is 0 Å². The average molecular weight is 881 g/mol. The van der Waals surface area contributed by atoms with E-state index in [9.17, 15) is 0 Å². The summed E-state index contributed by atoms with van der Waals surface area (Å²) in [5.74, 6) is 0. The number of hydrogen-bond donors (Lipinski definition) is 2. The van der Waals surface area contributed by atoms with E-state index in [4.69, 9.17) is 12.3 Å². The first-order chi connectivity index (χ1) is 33.5. The Morgan fingerprint density at radius 3 is 1.81 bits per heavy atom. The van der Waals surface area contributed by atoms with E-state index in [1.807, 2.05) is 57.2 Å². The molecule has 0 spiro atoms. The molecule has 10 rings (SSSR count). The molecule has 0 heterocycles. The minimum absolute atomic E-state index is 0.0607. The van der Waals surface area contributed by atoms with Gasteiger partial charge in [0.15, 0.2) is 0 Å². The first kappa shape index (κ1) is 46.5. The monoisotopic (exact) mass is 880 g/mol. The summed E-state index contributed by atoms with van der Waals surface area (Å²) in [7, 11) is 0. The third-order valence-electron chi connectivity index (χ3n) is 12.5. The molecule has 0 radical (unpaired) electrons. The van der Waals surface area contributed by atoms with Crippen molar-refractivity contribution < 1.29 is 0 Å². The first-order valence-electron chi connectivity index (χ1n) is 23.8. The van der Waals surface area contributed by atoms with Crippen molar-refractivity contribution in [2.45, 2.75) is 38.6 Å². The Morgan fingerprint density at radius 2 is 1.09 bits per heavy atom. The zero-order chi connectivity index (χ0) is 47.1. The van der Waals surface area contributed by atoms with Gasteiger partial charge in [-0.3, -0.25) is 0 Å². The number of hydrogen-bond acceptors (Lipinski definition) is 2. The van der Waals surface area contributed by atoms with Gasteiger partial charge in [0.2, 0.25) is 0 Å². The lowest BCUT2D eigenvalue weighted by atomic mass is 9.66. The standard InChI is InChI=1S/C45H38N2.C19H16.C2H6/c1-3-4-6-14-32(2)45(42-21-11-12-22-44(42)47-38-17-7-5-8-18-38)41-20-10-9-19-39(41)40-30-28-36(31-43(40)45)35-25-23-34(24-26-35)33-15-13-16-37(46)29-27-33;1-3-7-16(8-4-1)15-17-11-13-19(14-12-17)18-9-5-2-6-10-18;1-2/h3-31,37,47H,2,46H2,1H3;1-14H,15H2;1-2H3/b4-3-,14-6-;;. The quantitative estimate of drug-likeness (QED) is 0.127. The van der Waals surface area contributed by atoms with E-state index in [1.54, 1.807) is 0 Å². The molecule has 2 heteroatoms. The van der Waals surface area contributed by atoms with Gasteiger partial charge >= 0.3 is 0 Å². The van der Waals surface area contributed by atoms with E-state index in [0.717, 1.165) is 45.6 Å². The zero-order valence-electron chi connectivity index (χ0n) is 39.4. The van der Waals surface area contributed by atoms with Crippen LogP contribution < -0.4 is 11.1 Å². The maximum atomic E-state index is 6.09. The van der Waals surface area contributed by atoms with Crippen LogP contribution in [0.25, 0.3) is 39.0 Å². The molecule has 0 bridgehead atoms. The molecule has 334 valence electrons. The molecule has 0 aliphatic heterocycles. The minimum Gasteiger partial charge on any atom is -0.355 e. The van der Waals surface area contributed by atoms with E-state index < -0.39 is 5.41 Å². The van der Waals surface area contributed by atoms with Crippen LogP contribution in [0, 0.1) is 0 Å². The van der Waals surface area contributed by atoms with Gasteiger partial charge in [0.05, 0.1) is 5.41 Å². The Bertz CT molecular complexity index is 3080. The highest BCUT2D eigenvalue weighted by atomic mass is 14.9. The van der Waals surface area contributed by atoms with E-state index in [2.05, 4.69) is 230 Å². The summed E-state index contributed by atoms with van der Waals surface area (Å²) >= 11 is 0. The van der Waals surface area contributed by atoms with Crippen LogP contribution in [0.2, 0.25) is 0 Å². The summed E-state index contributed by atoms with van der Waals surface area (Å²) in [5.41, 5.74) is 24.6. The highest BCUT2D eigenvalue weighted by Gasteiger charge is 2.47. The summed E-state index contributed by atoms with van der Waals surface area (Å²) in [5, 5.41) is 3.75. The highest BCUT2D eigenvalue weighted by molar-refractivity contribution is 5.90. The van der Waals surface area contributed by atoms with Gasteiger partial charge < -0.3 is 11.1 Å². The second-order valence-electron chi connectivity index (χ2n) is 16.7. The molecule has 0 aromatic heterocycles. The fourth-order valence-corrected chi connectivity index (χ4v) is 9.22. The predicted octanol–water partition coefficient (Wildman–Crippen LogP) is 16.9. The van der Waals surface area contributed by atoms with Crippen LogP contribution in [0.4, 0.5) is 11.4 Å². The summed E-state index contributed by atoms with van der Waals surface area (Å²) in [6.45, 7) is 10.8. The van der Waals surface area contributed by atoms with Gasteiger partial charge in [-0.25, -0.2) is 0 Å². The van der Waals surface area contributed by atoms with Crippen LogP contribution in [0.5, 0.6) is 0 Å². The molecule has 3 N–H and O–H groups in total. The second kappa shape index (κ2) is 22.4. The number of nitrogens with two attached hydrogens (primary N) is 1. The minimum atomic E-state index is -0.626. The molecule has 8 aromatic rings. The molecule has 0 fully saturated rings. The molecular weight excluding hydrogens is 821 g/mol. The van der Waals surface area contributed by atoms with Crippen LogP contribution in [0.1, 0.15) is 54.2 Å². The summed E-state index contributed by atoms with van der Waals surface area (Å²) in [6, 6.07) is 73.4. The van der Waals surface area contributed by atoms with Gasteiger partial charge in [0.1, 0.15) is 0 Å². The van der Waals surface area contributed by atoms with Crippen LogP contribution in [-0.4, -0.2) is 6.04 Å². The van der Waals surface area contributed by atoms with Crippen molar-refractivity contribution >= 4 is 16.9 Å². The predicted molar refractivity (Wildman–Crippen MR) is 293 cm³/mol. The van der Waals surface area contributed by atoms with E-state index in [0.29, 0.717) is 0 Å². The maximum absolute atomic E-state index is 6.09. The summed E-state index contributed by atoms with van der Waals surface area (Å²) < 4.78 is 0. The largest absolute Gasteiger partial charge is 0.355 e. The third kappa shape index (κ3) is 10.3. The molecule has 2 unspecified atom stereocenters. The van der Waals surface area contributed by atoms with Crippen molar-refractivity contribution in [3.05, 3.63) is 306 Å². The van der Waals surface area contributed by atoms with Crippen LogP contribution in [-0.2, 0) is 11.8 Å². The molecule has 68 heavy (non-hydrogen) atoms. The molecule has 0 saturated carbocycles. The van der Waals surface area contributed by atoms with Crippen LogP contribution in [0.15, 0.2) is 273 Å². The second-order valence-corrected chi connectivity index (χ2v) is 16.7. The number of rotatable bonds is 11. The number of anilines is 2. The molecule has 8 aromatic carbocycles. The average Bonchev–Trinajstić information content (AvgIpc) is 3.51. The summed E-state index contributed by atoms with van der Waals surface area (Å²) in [4.78, 5) is 0. The van der Waals surface area contributed by atoms with E-state index in [1.165, 1.54) is 50.1 Å². The first-order valence-corrected chi connectivity index (χ1v) is 23.8. The van der Waals surface area contributed by atoms with Gasteiger partial charge in [0, 0.05) is 17.4 Å². The van der Waals surface area contributed by atoms with Crippen molar-refractivity contribution in [2.75, 3.05) is 5.32 Å². The fourth-order valence-electron chi connectivity index (χ4n) is 9.22. The number of benzene rings is 8. The fraction of sp³-hybridized carbons (Fsp3) is 0.0909. The maximum Gasteiger partial charge on any atom is 0.0728 e. The van der Waals surface area contributed by atoms with E-state index in [-0.39, 0.29) is 6.04 Å². The van der Waals surface area contributed by atoms with Crippen molar-refractivity contribution in [1.82, 2.24) is 0 Å². The molecular formula is C66H60N2. The number of fused-ring (bicyclic) bond motifs is 3. The van der Waals surface area contributed by atoms with Crippen molar-refractivity contribution in [1.29, 1.82) is 0 Å². The molecule has 0 saturated heterocycles. The van der Waals surface area contributed by atoms with Gasteiger partial charge in [-0.15, -0.1) is 0 Å². The van der Waals surface area contributed by atoms with Gasteiger partial charge in [-0.2, -0.15) is 0 Å². The Morgan fingerprint density at radius 1 is 0.544 bits per heavy atom. The number of allylic oxidation sites excluding steroid dienone is 9. The van der Waals surface area contributed by atoms with Gasteiger partial charge in [-0.1, -0.05) is 257 Å². The van der Waals surface area contributed by atoms with Gasteiger partial charge in [0.25, 0.3) is 0 Å². The lowest BCUT2D eigenvalue weighted by Gasteiger charge is -2.36. The Balaban J connectivity index is 0.000000247. The normalized spacial score (nSPS) is 15.5. The number of para-hydroxylation sites is 2. The molecule has 2 aliphatic rings. The van der Waals surface area contributed by atoms with Crippen LogP contribution in [0.3, 0.4) is 0 Å². The Labute approximate surface area is 404 Å². The highest BCUT2D eigenvalue weighted by Crippen LogP contribution is 2.58. The Hall–Kier alpha value is -8.04. The third-order valence-corrected chi connectivity index (χ3v) is 12.5. The smallest absolute Gasteiger partial charge is 0.0728 e. The van der Waals surface area contributed by atoms with Gasteiger partial charge in [-0.05, 0) is 116 Å². The molecule has 2 aliphatic carbocycles.